The van der Waals surface area contributed by atoms with Gasteiger partial charge >= 0.3 is 0 Å². The van der Waals surface area contributed by atoms with Gasteiger partial charge in [-0.25, -0.2) is 10.1 Å². The molecule has 8 heteroatoms. The molecule has 0 fully saturated rings. The Morgan fingerprint density at radius 1 is 1.26 bits per heavy atom. The van der Waals surface area contributed by atoms with E-state index in [1.807, 2.05) is 30.3 Å². The summed E-state index contributed by atoms with van der Waals surface area (Å²) in [4.78, 5) is 11.8. The number of nitrogens with zero attached hydrogens (tertiary/aromatic N) is 3. The van der Waals surface area contributed by atoms with Gasteiger partial charge in [-0.05, 0) is 42.0 Å². The van der Waals surface area contributed by atoms with Gasteiger partial charge < -0.3 is 9.47 Å². The summed E-state index contributed by atoms with van der Waals surface area (Å²) in [7, 11) is 1.62. The Kier molecular flexibility index (Phi) is 5.65. The summed E-state index contributed by atoms with van der Waals surface area (Å²) in [5, 5.41) is 9.54. The van der Waals surface area contributed by atoms with E-state index >= 15 is 0 Å². The molecule has 0 aliphatic rings. The molecule has 0 aliphatic heterocycles. The van der Waals surface area contributed by atoms with Crippen LogP contribution in [0.4, 0.5) is 4.39 Å². The highest BCUT2D eigenvalue weighted by molar-refractivity contribution is 5.85. The number of hydrogen-bond donors (Lipinski definition) is 1. The molecule has 1 heterocycles. The van der Waals surface area contributed by atoms with Gasteiger partial charge in [-0.15, -0.1) is 0 Å². The lowest BCUT2D eigenvalue weighted by molar-refractivity contribution is -0.123. The minimum atomic E-state index is -0.500. The van der Waals surface area contributed by atoms with E-state index in [1.165, 1.54) is 17.1 Å². The minimum absolute atomic E-state index is 0.197. The summed E-state index contributed by atoms with van der Waals surface area (Å²) in [6.45, 7) is 1.98. The summed E-state index contributed by atoms with van der Waals surface area (Å²) in [6.07, 6.45) is 2.55. The molecule has 1 N–H and O–H groups in total. The summed E-state index contributed by atoms with van der Waals surface area (Å²) >= 11 is 0. The zero-order valence-corrected chi connectivity index (χ0v) is 15.0. The number of carbonyl (C=O) groups excluding carboxylic acids is 1. The Hall–Kier alpha value is -3.42. The van der Waals surface area contributed by atoms with Crippen molar-refractivity contribution in [2.24, 2.45) is 5.10 Å². The van der Waals surface area contributed by atoms with E-state index in [0.717, 1.165) is 16.5 Å². The number of ether oxygens (including phenoxy) is 2. The average molecular weight is 370 g/mol. The van der Waals surface area contributed by atoms with Gasteiger partial charge in [0.25, 0.3) is 5.91 Å². The summed E-state index contributed by atoms with van der Waals surface area (Å²) in [6, 6.07) is 11.2. The molecule has 0 spiro atoms. The van der Waals surface area contributed by atoms with Crippen LogP contribution >= 0.6 is 0 Å². The number of hydrogen-bond acceptors (Lipinski definition) is 5. The summed E-state index contributed by atoms with van der Waals surface area (Å²) < 4.78 is 25.6. The van der Waals surface area contributed by atoms with Gasteiger partial charge in [0.1, 0.15) is 11.5 Å². The molecule has 1 amide bonds. The fraction of sp³-hybridized carbons (Fsp3) is 0.211. The first-order valence-electron chi connectivity index (χ1n) is 8.34. The zero-order chi connectivity index (χ0) is 19.2. The number of fused-ring (bicyclic) bond motifs is 1. The number of aromatic nitrogens is 2. The van der Waals surface area contributed by atoms with Gasteiger partial charge in [0.2, 0.25) is 5.95 Å². The van der Waals surface area contributed by atoms with Crippen molar-refractivity contribution in [3.8, 4) is 11.5 Å². The molecular weight excluding hydrogens is 351 g/mol. The second-order valence-electron chi connectivity index (χ2n) is 5.66. The Morgan fingerprint density at radius 2 is 1.96 bits per heavy atom. The van der Waals surface area contributed by atoms with Crippen LogP contribution in [0.5, 0.6) is 11.5 Å². The zero-order valence-electron chi connectivity index (χ0n) is 15.0. The van der Waals surface area contributed by atoms with E-state index in [1.54, 1.807) is 20.1 Å². The van der Waals surface area contributed by atoms with E-state index < -0.39 is 11.9 Å². The van der Waals surface area contributed by atoms with Crippen molar-refractivity contribution in [3.63, 3.8) is 0 Å². The number of nitrogens with one attached hydrogen (secondary N) is 1. The van der Waals surface area contributed by atoms with Crippen LogP contribution < -0.4 is 14.9 Å². The molecule has 0 bridgehead atoms. The van der Waals surface area contributed by atoms with Gasteiger partial charge in [0.05, 0.1) is 25.1 Å². The van der Waals surface area contributed by atoms with Gasteiger partial charge in [-0.2, -0.15) is 14.6 Å². The highest BCUT2D eigenvalue weighted by Gasteiger charge is 2.07. The van der Waals surface area contributed by atoms with Crippen molar-refractivity contribution in [3.05, 3.63) is 54.1 Å². The Bertz CT molecular complexity index is 984. The lowest BCUT2D eigenvalue weighted by atomic mass is 10.1. The molecule has 140 valence electrons. The lowest BCUT2D eigenvalue weighted by Crippen LogP contribution is -2.24. The number of rotatable bonds is 7. The topological polar surface area (TPSA) is 77.7 Å². The van der Waals surface area contributed by atoms with Crippen molar-refractivity contribution in [2.45, 2.75) is 13.5 Å². The van der Waals surface area contributed by atoms with Gasteiger partial charge in [0.15, 0.2) is 6.61 Å². The Morgan fingerprint density at radius 3 is 2.63 bits per heavy atom. The maximum absolute atomic E-state index is 13.8. The largest absolute Gasteiger partial charge is 0.497 e. The fourth-order valence-electron chi connectivity index (χ4n) is 2.47. The van der Waals surface area contributed by atoms with Crippen LogP contribution in [0.2, 0.25) is 0 Å². The van der Waals surface area contributed by atoms with Crippen molar-refractivity contribution in [1.29, 1.82) is 0 Å². The fourth-order valence-corrected chi connectivity index (χ4v) is 2.47. The van der Waals surface area contributed by atoms with Crippen molar-refractivity contribution in [1.82, 2.24) is 15.2 Å². The van der Waals surface area contributed by atoms with Gasteiger partial charge in [0, 0.05) is 6.54 Å². The molecular formula is C19H19FN4O3. The second kappa shape index (κ2) is 8.31. The molecule has 0 atom stereocenters. The van der Waals surface area contributed by atoms with Crippen LogP contribution in [-0.4, -0.2) is 35.6 Å². The Labute approximate surface area is 155 Å². The van der Waals surface area contributed by atoms with Gasteiger partial charge in [-0.1, -0.05) is 12.1 Å². The monoisotopic (exact) mass is 370 g/mol. The predicted molar refractivity (Wildman–Crippen MR) is 99.6 cm³/mol. The predicted octanol–water partition coefficient (Wildman–Crippen LogP) is 2.73. The molecule has 1 aromatic heterocycles. The van der Waals surface area contributed by atoms with Gasteiger partial charge in [-0.3, -0.25) is 4.79 Å². The smallest absolute Gasteiger partial charge is 0.277 e. The van der Waals surface area contributed by atoms with Crippen molar-refractivity contribution < 1.29 is 18.7 Å². The van der Waals surface area contributed by atoms with Crippen LogP contribution in [0.3, 0.4) is 0 Å². The quantitative estimate of drug-likeness (QED) is 0.512. The van der Waals surface area contributed by atoms with Crippen LogP contribution in [0.15, 0.2) is 47.7 Å². The maximum atomic E-state index is 13.8. The molecule has 7 nitrogen and oxygen atoms in total. The third kappa shape index (κ3) is 4.41. The summed E-state index contributed by atoms with van der Waals surface area (Å²) in [5.41, 5.74) is 2.49. The number of halogens is 1. The van der Waals surface area contributed by atoms with Crippen LogP contribution in [-0.2, 0) is 11.3 Å². The van der Waals surface area contributed by atoms with Crippen LogP contribution in [0, 0.1) is 5.95 Å². The van der Waals surface area contributed by atoms with E-state index in [0.29, 0.717) is 12.3 Å². The third-order valence-electron chi connectivity index (χ3n) is 3.88. The molecule has 3 rings (SSSR count). The van der Waals surface area contributed by atoms with Crippen molar-refractivity contribution >= 4 is 22.9 Å². The molecule has 0 aliphatic carbocycles. The standard InChI is InChI=1S/C19H19FN4O3/c1-3-24-19(20)15(11-22-24)10-21-23-18(25)12-27-17-7-5-13-8-16(26-2)6-4-14(13)9-17/h4-11H,3,12H2,1-2H3,(H,23,25)/b21-10+. The molecule has 0 saturated carbocycles. The highest BCUT2D eigenvalue weighted by Crippen LogP contribution is 2.24. The molecule has 0 saturated heterocycles. The van der Waals surface area contributed by atoms with Crippen LogP contribution in [0.1, 0.15) is 12.5 Å². The first-order chi connectivity index (χ1) is 13.1. The second-order valence-corrected chi connectivity index (χ2v) is 5.66. The average Bonchev–Trinajstić information content (AvgIpc) is 3.05. The molecule has 0 unspecified atom stereocenters. The van der Waals surface area contributed by atoms with E-state index in [2.05, 4.69) is 15.6 Å². The highest BCUT2D eigenvalue weighted by atomic mass is 19.1. The molecule has 0 radical (unpaired) electrons. The number of methoxy groups -OCH3 is 1. The first kappa shape index (κ1) is 18.4. The number of amides is 1. The van der Waals surface area contributed by atoms with Crippen LogP contribution in [0.25, 0.3) is 10.8 Å². The molecule has 2 aromatic carbocycles. The normalized spacial score (nSPS) is 11.1. The lowest BCUT2D eigenvalue weighted by Gasteiger charge is -2.07. The van der Waals surface area contributed by atoms with Crippen molar-refractivity contribution in [2.75, 3.05) is 13.7 Å². The molecule has 3 aromatic rings. The molecule has 27 heavy (non-hydrogen) atoms. The van der Waals surface area contributed by atoms with E-state index in [-0.39, 0.29) is 12.2 Å². The summed E-state index contributed by atoms with van der Waals surface area (Å²) in [5.74, 6) is 0.375. The third-order valence-corrected chi connectivity index (χ3v) is 3.88. The maximum Gasteiger partial charge on any atom is 0.277 e. The number of hydrazone groups is 1. The number of benzene rings is 2. The number of aryl methyl sites for hydroxylation is 1. The number of carbonyl (C=O) groups is 1. The first-order valence-corrected chi connectivity index (χ1v) is 8.34. The van der Waals surface area contributed by atoms with E-state index in [4.69, 9.17) is 9.47 Å². The minimum Gasteiger partial charge on any atom is -0.497 e. The SMILES string of the molecule is CCn1ncc(/C=N/NC(=O)COc2ccc3cc(OC)ccc3c2)c1F. The van der Waals surface area contributed by atoms with E-state index in [9.17, 15) is 9.18 Å². The Balaban J connectivity index is 1.54.